The zero-order valence-electron chi connectivity index (χ0n) is 12.4. The predicted molar refractivity (Wildman–Crippen MR) is 85.8 cm³/mol. The fraction of sp³-hybridized carbons (Fsp3) is 0.471. The second-order valence-electron chi connectivity index (χ2n) is 5.93. The molecule has 0 amide bonds. The van der Waals surface area contributed by atoms with E-state index in [2.05, 4.69) is 17.2 Å². The lowest BCUT2D eigenvalue weighted by Gasteiger charge is -2.32. The molecule has 1 heterocycles. The molecule has 1 saturated carbocycles. The van der Waals surface area contributed by atoms with Crippen molar-refractivity contribution in [3.8, 4) is 0 Å². The number of hydrogen-bond donors (Lipinski definition) is 2. The van der Waals surface area contributed by atoms with Gasteiger partial charge in [0.1, 0.15) is 0 Å². The first-order valence-electron chi connectivity index (χ1n) is 7.80. The first-order valence-corrected chi connectivity index (χ1v) is 7.80. The van der Waals surface area contributed by atoms with Crippen molar-refractivity contribution in [2.75, 3.05) is 11.1 Å². The lowest BCUT2D eigenvalue weighted by Crippen LogP contribution is -2.32. The molecule has 2 aromatic rings. The molecule has 4 heteroatoms. The summed E-state index contributed by atoms with van der Waals surface area (Å²) in [4.78, 5) is 4.34. The van der Waals surface area contributed by atoms with Gasteiger partial charge in [0, 0.05) is 23.3 Å². The van der Waals surface area contributed by atoms with Crippen molar-refractivity contribution in [2.45, 2.75) is 45.1 Å². The van der Waals surface area contributed by atoms with Gasteiger partial charge in [-0.3, -0.25) is 4.98 Å². The third-order valence-electron chi connectivity index (χ3n) is 4.64. The Hall–Kier alpha value is -1.84. The van der Waals surface area contributed by atoms with E-state index in [1.807, 2.05) is 12.1 Å². The molecule has 1 aromatic heterocycles. The Morgan fingerprint density at radius 2 is 2.19 bits per heavy atom. The molecular weight excluding hydrogens is 265 g/mol. The molecule has 2 atom stereocenters. The zero-order valence-corrected chi connectivity index (χ0v) is 12.4. The van der Waals surface area contributed by atoms with E-state index in [4.69, 9.17) is 5.73 Å². The SMILES string of the molecule is CCC1CCCCC1Nc1c(F)cc(N)c2cccnc12. The number of benzene rings is 1. The normalized spacial score (nSPS) is 22.4. The number of hydrogen-bond acceptors (Lipinski definition) is 3. The summed E-state index contributed by atoms with van der Waals surface area (Å²) in [6, 6.07) is 5.44. The molecule has 0 aliphatic heterocycles. The highest BCUT2D eigenvalue weighted by molar-refractivity contribution is 5.98. The van der Waals surface area contributed by atoms with E-state index >= 15 is 0 Å². The minimum Gasteiger partial charge on any atom is -0.398 e. The molecule has 3 N–H and O–H groups in total. The van der Waals surface area contributed by atoms with Gasteiger partial charge in [-0.15, -0.1) is 0 Å². The van der Waals surface area contributed by atoms with Crippen LogP contribution >= 0.6 is 0 Å². The fourth-order valence-corrected chi connectivity index (χ4v) is 3.45. The van der Waals surface area contributed by atoms with Gasteiger partial charge in [0.15, 0.2) is 5.82 Å². The van der Waals surface area contributed by atoms with Gasteiger partial charge in [0.25, 0.3) is 0 Å². The number of nitrogen functional groups attached to an aromatic ring is 1. The number of nitrogens with two attached hydrogens (primary N) is 1. The second kappa shape index (κ2) is 5.88. The number of anilines is 2. The van der Waals surface area contributed by atoms with E-state index in [1.165, 1.54) is 25.3 Å². The van der Waals surface area contributed by atoms with Crippen LogP contribution < -0.4 is 11.1 Å². The Balaban J connectivity index is 2.00. The minimum absolute atomic E-state index is 0.306. The van der Waals surface area contributed by atoms with Crippen molar-refractivity contribution in [2.24, 2.45) is 5.92 Å². The maximum atomic E-state index is 14.4. The summed E-state index contributed by atoms with van der Waals surface area (Å²) in [5.74, 6) is 0.300. The number of aromatic nitrogens is 1. The second-order valence-corrected chi connectivity index (χ2v) is 5.93. The molecule has 1 aliphatic carbocycles. The van der Waals surface area contributed by atoms with Gasteiger partial charge in [-0.25, -0.2) is 4.39 Å². The third-order valence-corrected chi connectivity index (χ3v) is 4.64. The Morgan fingerprint density at radius 1 is 1.38 bits per heavy atom. The van der Waals surface area contributed by atoms with Crippen molar-refractivity contribution in [3.63, 3.8) is 0 Å². The Kier molecular flexibility index (Phi) is 3.95. The minimum atomic E-state index is -0.306. The topological polar surface area (TPSA) is 50.9 Å². The lowest BCUT2D eigenvalue weighted by molar-refractivity contribution is 0.317. The molecular formula is C17H22FN3. The largest absolute Gasteiger partial charge is 0.398 e. The molecule has 1 aliphatic rings. The van der Waals surface area contributed by atoms with Crippen LogP contribution in [0.5, 0.6) is 0 Å². The summed E-state index contributed by atoms with van der Waals surface area (Å²) in [5.41, 5.74) is 7.49. The highest BCUT2D eigenvalue weighted by Crippen LogP contribution is 2.34. The Bertz CT molecular complexity index is 641. The highest BCUT2D eigenvalue weighted by atomic mass is 19.1. The lowest BCUT2D eigenvalue weighted by atomic mass is 9.82. The molecule has 0 saturated heterocycles. The van der Waals surface area contributed by atoms with Gasteiger partial charge < -0.3 is 11.1 Å². The fourth-order valence-electron chi connectivity index (χ4n) is 3.45. The van der Waals surface area contributed by atoms with Crippen molar-refractivity contribution >= 4 is 22.3 Å². The van der Waals surface area contributed by atoms with Crippen LogP contribution in [0, 0.1) is 11.7 Å². The maximum Gasteiger partial charge on any atom is 0.150 e. The van der Waals surface area contributed by atoms with Gasteiger partial charge in [-0.05, 0) is 37.0 Å². The number of nitrogens with zero attached hydrogens (tertiary/aromatic N) is 1. The van der Waals surface area contributed by atoms with Gasteiger partial charge >= 0.3 is 0 Å². The predicted octanol–water partition coefficient (Wildman–Crippen LogP) is 4.34. The molecule has 21 heavy (non-hydrogen) atoms. The van der Waals surface area contributed by atoms with Crippen LogP contribution in [0.4, 0.5) is 15.8 Å². The summed E-state index contributed by atoms with van der Waals surface area (Å²) < 4.78 is 14.4. The van der Waals surface area contributed by atoms with E-state index in [1.54, 1.807) is 6.20 Å². The smallest absolute Gasteiger partial charge is 0.150 e. The first kappa shape index (κ1) is 14.1. The number of fused-ring (bicyclic) bond motifs is 1. The van der Waals surface area contributed by atoms with Crippen molar-refractivity contribution in [1.82, 2.24) is 4.98 Å². The highest BCUT2D eigenvalue weighted by Gasteiger charge is 2.25. The first-order chi connectivity index (χ1) is 10.2. The van der Waals surface area contributed by atoms with Gasteiger partial charge in [0.05, 0.1) is 11.2 Å². The van der Waals surface area contributed by atoms with Crippen molar-refractivity contribution in [3.05, 3.63) is 30.2 Å². The van der Waals surface area contributed by atoms with Crippen LogP contribution in [0.2, 0.25) is 0 Å². The van der Waals surface area contributed by atoms with E-state index in [0.717, 1.165) is 18.2 Å². The van der Waals surface area contributed by atoms with E-state index in [9.17, 15) is 4.39 Å². The number of halogens is 1. The quantitative estimate of drug-likeness (QED) is 0.826. The molecule has 0 bridgehead atoms. The summed E-state index contributed by atoms with van der Waals surface area (Å²) in [7, 11) is 0. The third kappa shape index (κ3) is 2.67. The molecule has 0 radical (unpaired) electrons. The molecule has 112 valence electrons. The Morgan fingerprint density at radius 3 is 3.00 bits per heavy atom. The zero-order chi connectivity index (χ0) is 14.8. The monoisotopic (exact) mass is 287 g/mol. The molecule has 1 aromatic carbocycles. The van der Waals surface area contributed by atoms with Gasteiger partial charge in [-0.1, -0.05) is 26.2 Å². The van der Waals surface area contributed by atoms with Crippen LogP contribution in [-0.4, -0.2) is 11.0 Å². The summed E-state index contributed by atoms with van der Waals surface area (Å²) in [5, 5.41) is 4.24. The number of nitrogens with one attached hydrogen (secondary N) is 1. The summed E-state index contributed by atoms with van der Waals surface area (Å²) >= 11 is 0. The molecule has 2 unspecified atom stereocenters. The van der Waals surface area contributed by atoms with Gasteiger partial charge in [0.2, 0.25) is 0 Å². The van der Waals surface area contributed by atoms with E-state index in [0.29, 0.717) is 28.9 Å². The van der Waals surface area contributed by atoms with Crippen LogP contribution in [0.15, 0.2) is 24.4 Å². The Labute approximate surface area is 124 Å². The summed E-state index contributed by atoms with van der Waals surface area (Å²) in [6.45, 7) is 2.21. The van der Waals surface area contributed by atoms with Crippen LogP contribution in [-0.2, 0) is 0 Å². The van der Waals surface area contributed by atoms with Crippen molar-refractivity contribution < 1.29 is 4.39 Å². The molecule has 3 nitrogen and oxygen atoms in total. The van der Waals surface area contributed by atoms with Crippen LogP contribution in [0.3, 0.4) is 0 Å². The van der Waals surface area contributed by atoms with E-state index < -0.39 is 0 Å². The maximum absolute atomic E-state index is 14.4. The average Bonchev–Trinajstić information content (AvgIpc) is 2.52. The van der Waals surface area contributed by atoms with Crippen LogP contribution in [0.25, 0.3) is 10.9 Å². The molecule has 3 rings (SSSR count). The number of rotatable bonds is 3. The number of pyridine rings is 1. The van der Waals surface area contributed by atoms with E-state index in [-0.39, 0.29) is 5.82 Å². The standard InChI is InChI=1S/C17H22FN3/c1-2-11-6-3-4-8-15(11)21-17-13(18)10-14(19)12-7-5-9-20-16(12)17/h5,7,9-11,15,21H,2-4,6,8,19H2,1H3. The van der Waals surface area contributed by atoms with Gasteiger partial charge in [-0.2, -0.15) is 0 Å². The molecule has 0 spiro atoms. The summed E-state index contributed by atoms with van der Waals surface area (Å²) in [6.07, 6.45) is 7.60. The average molecular weight is 287 g/mol. The van der Waals surface area contributed by atoms with Crippen molar-refractivity contribution in [1.29, 1.82) is 0 Å². The molecule has 1 fully saturated rings. The van der Waals surface area contributed by atoms with Crippen LogP contribution in [0.1, 0.15) is 39.0 Å².